The number of amides is 1. The van der Waals surface area contributed by atoms with Crippen molar-refractivity contribution < 1.29 is 9.72 Å². The molecular weight excluding hydrogens is 512 g/mol. The van der Waals surface area contributed by atoms with Crippen LogP contribution in [-0.2, 0) is 17.8 Å². The second kappa shape index (κ2) is 11.8. The number of carbonyl (C=O) groups is 1. The third-order valence-electron chi connectivity index (χ3n) is 7.97. The van der Waals surface area contributed by atoms with Gasteiger partial charge in [0.15, 0.2) is 0 Å². The molecule has 7 heteroatoms. The van der Waals surface area contributed by atoms with Crippen LogP contribution >= 0.6 is 0 Å². The highest BCUT2D eigenvalue weighted by atomic mass is 16.6. The molecule has 2 aliphatic rings. The van der Waals surface area contributed by atoms with Gasteiger partial charge >= 0.3 is 0 Å². The molecule has 0 radical (unpaired) electrons. The normalized spacial score (nSPS) is 16.6. The number of rotatable bonds is 8. The van der Waals surface area contributed by atoms with Gasteiger partial charge in [-0.05, 0) is 73.2 Å². The molecule has 1 amide bonds. The summed E-state index contributed by atoms with van der Waals surface area (Å²) in [4.78, 5) is 26.7. The van der Waals surface area contributed by atoms with Crippen LogP contribution in [0.3, 0.4) is 0 Å². The quantitative estimate of drug-likeness (QED) is 0.142. The number of non-ortho nitro benzene ring substituents is 1. The van der Waals surface area contributed by atoms with Crippen molar-refractivity contribution in [3.05, 3.63) is 135 Å². The monoisotopic (exact) mass is 544 g/mol. The molecule has 1 fully saturated rings. The number of benzene rings is 4. The first kappa shape index (κ1) is 26.5. The third kappa shape index (κ3) is 6.05. The number of nitro groups is 1. The van der Waals surface area contributed by atoms with Gasteiger partial charge in [0.1, 0.15) is 0 Å². The summed E-state index contributed by atoms with van der Waals surface area (Å²) in [5.41, 5.74) is 6.34. The number of nitrogens with zero attached hydrogens (tertiary/aromatic N) is 2. The molecule has 7 nitrogen and oxygen atoms in total. The number of anilines is 2. The van der Waals surface area contributed by atoms with Gasteiger partial charge in [0.05, 0.1) is 16.2 Å². The maximum absolute atomic E-state index is 13.1. The lowest BCUT2D eigenvalue weighted by Gasteiger charge is -2.32. The van der Waals surface area contributed by atoms with Crippen LogP contribution in [0.5, 0.6) is 0 Å². The summed E-state index contributed by atoms with van der Waals surface area (Å²) in [7, 11) is 0. The summed E-state index contributed by atoms with van der Waals surface area (Å²) < 4.78 is 0. The molecule has 4 aromatic rings. The van der Waals surface area contributed by atoms with Crippen molar-refractivity contribution in [1.82, 2.24) is 4.90 Å². The van der Waals surface area contributed by atoms with E-state index in [1.54, 1.807) is 6.07 Å². The van der Waals surface area contributed by atoms with Crippen LogP contribution in [0.1, 0.15) is 35.1 Å². The van der Waals surface area contributed by atoms with E-state index < -0.39 is 4.92 Å². The SMILES string of the molecule is O=C1Nc2ccc([N+](=O)[O-])cc2/C1=C(/Nc1ccc(CN2CCC(Cc3ccccc3)CC2)cc1)c1ccccc1. The van der Waals surface area contributed by atoms with Gasteiger partial charge in [0.2, 0.25) is 0 Å². The van der Waals surface area contributed by atoms with Crippen LogP contribution in [-0.4, -0.2) is 28.8 Å². The summed E-state index contributed by atoms with van der Waals surface area (Å²) in [6.45, 7) is 3.11. The number of piperidine rings is 1. The number of nitro benzene ring substituents is 1. The smallest absolute Gasteiger partial charge is 0.270 e. The Balaban J connectivity index is 1.18. The Kier molecular flexibility index (Phi) is 7.60. The van der Waals surface area contributed by atoms with E-state index >= 15 is 0 Å². The lowest BCUT2D eigenvalue weighted by molar-refractivity contribution is -0.384. The number of carbonyl (C=O) groups excluding carboxylic acids is 1. The van der Waals surface area contributed by atoms with Gasteiger partial charge in [-0.3, -0.25) is 19.8 Å². The largest absolute Gasteiger partial charge is 0.354 e. The van der Waals surface area contributed by atoms with E-state index in [1.165, 1.54) is 36.1 Å². The number of nitrogens with one attached hydrogen (secondary N) is 2. The molecule has 41 heavy (non-hydrogen) atoms. The summed E-state index contributed by atoms with van der Waals surface area (Å²) >= 11 is 0. The molecular formula is C34H32N4O3. The highest BCUT2D eigenvalue weighted by Gasteiger charge is 2.30. The van der Waals surface area contributed by atoms with Crippen molar-refractivity contribution in [1.29, 1.82) is 0 Å². The van der Waals surface area contributed by atoms with Crippen molar-refractivity contribution in [2.75, 3.05) is 23.7 Å². The van der Waals surface area contributed by atoms with E-state index in [0.29, 0.717) is 22.5 Å². The van der Waals surface area contributed by atoms with Gasteiger partial charge in [0.25, 0.3) is 11.6 Å². The first-order valence-electron chi connectivity index (χ1n) is 14.1. The van der Waals surface area contributed by atoms with E-state index in [4.69, 9.17) is 0 Å². The van der Waals surface area contributed by atoms with Crippen LogP contribution < -0.4 is 10.6 Å². The Morgan fingerprint density at radius 2 is 1.56 bits per heavy atom. The topological polar surface area (TPSA) is 87.5 Å². The Hall–Kier alpha value is -4.75. The zero-order valence-electron chi connectivity index (χ0n) is 22.8. The highest BCUT2D eigenvalue weighted by Crippen LogP contribution is 2.39. The van der Waals surface area contributed by atoms with Gasteiger partial charge in [-0.1, -0.05) is 72.8 Å². The molecule has 0 aromatic heterocycles. The second-order valence-corrected chi connectivity index (χ2v) is 10.8. The molecule has 2 aliphatic heterocycles. The fourth-order valence-corrected chi connectivity index (χ4v) is 5.79. The Morgan fingerprint density at radius 3 is 2.24 bits per heavy atom. The van der Waals surface area contributed by atoms with Crippen molar-refractivity contribution >= 4 is 34.2 Å². The van der Waals surface area contributed by atoms with Crippen molar-refractivity contribution in [3.8, 4) is 0 Å². The van der Waals surface area contributed by atoms with Crippen LogP contribution in [0.15, 0.2) is 103 Å². The van der Waals surface area contributed by atoms with Crippen LogP contribution in [0.25, 0.3) is 11.3 Å². The predicted molar refractivity (Wildman–Crippen MR) is 163 cm³/mol. The zero-order chi connectivity index (χ0) is 28.2. The molecule has 0 bridgehead atoms. The molecule has 1 saturated heterocycles. The summed E-state index contributed by atoms with van der Waals surface area (Å²) in [6, 6.07) is 33.1. The molecule has 6 rings (SSSR count). The van der Waals surface area contributed by atoms with Crippen LogP contribution in [0.2, 0.25) is 0 Å². The molecule has 0 aliphatic carbocycles. The second-order valence-electron chi connectivity index (χ2n) is 10.8. The minimum Gasteiger partial charge on any atom is -0.354 e. The molecule has 2 N–H and O–H groups in total. The fraction of sp³-hybridized carbons (Fsp3) is 0.206. The third-order valence-corrected chi connectivity index (χ3v) is 7.97. The lowest BCUT2D eigenvalue weighted by Crippen LogP contribution is -2.33. The molecule has 2 heterocycles. The molecule has 206 valence electrons. The van der Waals surface area contributed by atoms with E-state index in [2.05, 4.69) is 58.0 Å². The van der Waals surface area contributed by atoms with E-state index in [-0.39, 0.29) is 11.6 Å². The van der Waals surface area contributed by atoms with Gasteiger partial charge in [0, 0.05) is 35.6 Å². The predicted octanol–water partition coefficient (Wildman–Crippen LogP) is 6.98. The number of likely N-dealkylation sites (tertiary alicyclic amines) is 1. The van der Waals surface area contributed by atoms with Crippen LogP contribution in [0, 0.1) is 16.0 Å². The summed E-state index contributed by atoms with van der Waals surface area (Å²) in [5.74, 6) is 0.447. The minimum absolute atomic E-state index is 0.0568. The van der Waals surface area contributed by atoms with E-state index in [9.17, 15) is 14.9 Å². The van der Waals surface area contributed by atoms with Crippen molar-refractivity contribution in [3.63, 3.8) is 0 Å². The molecule has 4 aromatic carbocycles. The van der Waals surface area contributed by atoms with Gasteiger partial charge in [-0.15, -0.1) is 0 Å². The first-order valence-corrected chi connectivity index (χ1v) is 14.1. The summed E-state index contributed by atoms with van der Waals surface area (Å²) in [5, 5.41) is 17.8. The van der Waals surface area contributed by atoms with Gasteiger partial charge < -0.3 is 10.6 Å². The lowest BCUT2D eigenvalue weighted by atomic mass is 9.90. The van der Waals surface area contributed by atoms with E-state index in [1.807, 2.05) is 42.5 Å². The Bertz CT molecular complexity index is 1580. The minimum atomic E-state index is -0.444. The Morgan fingerprint density at radius 1 is 0.878 bits per heavy atom. The molecule has 0 atom stereocenters. The molecule has 0 spiro atoms. The van der Waals surface area contributed by atoms with Gasteiger partial charge in [-0.25, -0.2) is 0 Å². The zero-order valence-corrected chi connectivity index (χ0v) is 22.8. The number of hydrogen-bond acceptors (Lipinski definition) is 5. The summed E-state index contributed by atoms with van der Waals surface area (Å²) in [6.07, 6.45) is 3.58. The Labute approximate surface area is 239 Å². The average Bonchev–Trinajstić information content (AvgIpc) is 3.33. The average molecular weight is 545 g/mol. The number of hydrogen-bond donors (Lipinski definition) is 2. The first-order chi connectivity index (χ1) is 20.0. The van der Waals surface area contributed by atoms with Crippen LogP contribution in [0.4, 0.5) is 17.1 Å². The number of fused-ring (bicyclic) bond motifs is 1. The molecule has 0 unspecified atom stereocenters. The van der Waals surface area contributed by atoms with E-state index in [0.717, 1.165) is 43.2 Å². The van der Waals surface area contributed by atoms with Gasteiger partial charge in [-0.2, -0.15) is 0 Å². The maximum atomic E-state index is 13.1. The van der Waals surface area contributed by atoms with Crippen molar-refractivity contribution in [2.45, 2.75) is 25.8 Å². The molecule has 0 saturated carbocycles. The maximum Gasteiger partial charge on any atom is 0.270 e. The fourth-order valence-electron chi connectivity index (χ4n) is 5.79. The standard InChI is InChI=1S/C34H32N4O3/c39-34-32(30-22-29(38(40)41)15-16-31(30)36-34)33(27-9-5-2-6-10-27)35-28-13-11-26(12-14-28)23-37-19-17-25(18-20-37)21-24-7-3-1-4-8-24/h1-16,22,25,35H,17-21,23H2,(H,36,39)/b33-32-. The highest BCUT2D eigenvalue weighted by molar-refractivity contribution is 6.37. The van der Waals surface area contributed by atoms with Crippen molar-refractivity contribution in [2.24, 2.45) is 5.92 Å².